The highest BCUT2D eigenvalue weighted by atomic mass is 16.4. The average Bonchev–Trinajstić information content (AvgIpc) is 2.03. The molecule has 84 valence electrons. The molecule has 2 unspecified atom stereocenters. The van der Waals surface area contributed by atoms with Crippen LogP contribution in [0.2, 0.25) is 0 Å². The fraction of sp³-hybridized carbons (Fsp3) is 0.889. The van der Waals surface area contributed by atoms with E-state index in [0.717, 1.165) is 0 Å². The monoisotopic (exact) mass is 205 g/mol. The number of nitrogens with one attached hydrogen (secondary N) is 1. The Morgan fingerprint density at radius 2 is 2.00 bits per heavy atom. The zero-order chi connectivity index (χ0) is 11.1. The second kappa shape index (κ2) is 6.75. The normalized spacial score (nSPS) is 15.5. The summed E-state index contributed by atoms with van der Waals surface area (Å²) >= 11 is 0. The van der Waals surface area contributed by atoms with Crippen LogP contribution in [0.3, 0.4) is 0 Å². The standard InChI is InChI=1S/C9H19NO4/c1-6(2)8(5-11)10-4-7(12)3-9(13)14/h6-8,10-12H,3-5H2,1-2H3,(H,13,14). The predicted octanol–water partition coefficient (Wildman–Crippen LogP) is -0.571. The van der Waals surface area contributed by atoms with Gasteiger partial charge in [-0.1, -0.05) is 13.8 Å². The maximum atomic E-state index is 10.2. The molecular formula is C9H19NO4. The molecule has 5 nitrogen and oxygen atoms in total. The van der Waals surface area contributed by atoms with Crippen molar-refractivity contribution in [3.05, 3.63) is 0 Å². The topological polar surface area (TPSA) is 89.8 Å². The summed E-state index contributed by atoms with van der Waals surface area (Å²) in [7, 11) is 0. The van der Waals surface area contributed by atoms with E-state index < -0.39 is 12.1 Å². The van der Waals surface area contributed by atoms with E-state index in [4.69, 9.17) is 10.2 Å². The zero-order valence-electron chi connectivity index (χ0n) is 8.60. The van der Waals surface area contributed by atoms with Crippen molar-refractivity contribution in [2.45, 2.75) is 32.4 Å². The van der Waals surface area contributed by atoms with Crippen LogP contribution in [0.5, 0.6) is 0 Å². The quantitative estimate of drug-likeness (QED) is 0.447. The first-order chi connectivity index (χ1) is 6.47. The Hall–Kier alpha value is -0.650. The smallest absolute Gasteiger partial charge is 0.306 e. The highest BCUT2D eigenvalue weighted by Gasteiger charge is 2.14. The van der Waals surface area contributed by atoms with E-state index in [-0.39, 0.29) is 31.5 Å². The van der Waals surface area contributed by atoms with Gasteiger partial charge in [0.05, 0.1) is 19.1 Å². The van der Waals surface area contributed by atoms with E-state index in [1.165, 1.54) is 0 Å². The lowest BCUT2D eigenvalue weighted by Gasteiger charge is -2.21. The van der Waals surface area contributed by atoms with Gasteiger partial charge in [0, 0.05) is 12.6 Å². The average molecular weight is 205 g/mol. The van der Waals surface area contributed by atoms with Crippen molar-refractivity contribution in [3.63, 3.8) is 0 Å². The molecule has 0 aliphatic rings. The molecule has 0 aromatic heterocycles. The van der Waals surface area contributed by atoms with E-state index in [1.54, 1.807) is 0 Å². The molecule has 0 aliphatic carbocycles. The fourth-order valence-electron chi connectivity index (χ4n) is 1.07. The third-order valence-electron chi connectivity index (χ3n) is 2.03. The minimum absolute atomic E-state index is 0.0164. The van der Waals surface area contributed by atoms with Crippen LogP contribution in [-0.2, 0) is 4.79 Å². The zero-order valence-corrected chi connectivity index (χ0v) is 8.60. The SMILES string of the molecule is CC(C)C(CO)NCC(O)CC(=O)O. The highest BCUT2D eigenvalue weighted by Crippen LogP contribution is 2.00. The van der Waals surface area contributed by atoms with Crippen LogP contribution in [0.25, 0.3) is 0 Å². The van der Waals surface area contributed by atoms with Crippen molar-refractivity contribution in [1.82, 2.24) is 5.32 Å². The molecule has 0 heterocycles. The number of aliphatic hydroxyl groups is 2. The third kappa shape index (κ3) is 5.90. The fourth-order valence-corrected chi connectivity index (χ4v) is 1.07. The molecular weight excluding hydrogens is 186 g/mol. The molecule has 2 atom stereocenters. The molecule has 0 fully saturated rings. The molecule has 0 aliphatic heterocycles. The minimum atomic E-state index is -1.02. The number of hydrogen-bond acceptors (Lipinski definition) is 4. The van der Waals surface area contributed by atoms with Gasteiger partial charge in [-0.15, -0.1) is 0 Å². The lowest BCUT2D eigenvalue weighted by molar-refractivity contribution is -0.139. The van der Waals surface area contributed by atoms with Crippen LogP contribution in [0, 0.1) is 5.92 Å². The molecule has 0 spiro atoms. The molecule has 0 aromatic rings. The van der Waals surface area contributed by atoms with Crippen molar-refractivity contribution < 1.29 is 20.1 Å². The molecule has 0 radical (unpaired) electrons. The maximum absolute atomic E-state index is 10.2. The summed E-state index contributed by atoms with van der Waals surface area (Å²) in [6.07, 6.45) is -1.18. The Morgan fingerprint density at radius 1 is 1.43 bits per heavy atom. The number of carboxylic acid groups (broad SMARTS) is 1. The van der Waals surface area contributed by atoms with Gasteiger partial charge in [0.1, 0.15) is 0 Å². The molecule has 5 heteroatoms. The van der Waals surface area contributed by atoms with E-state index in [0.29, 0.717) is 0 Å². The van der Waals surface area contributed by atoms with Gasteiger partial charge in [-0.3, -0.25) is 4.79 Å². The lowest BCUT2D eigenvalue weighted by Crippen LogP contribution is -2.41. The number of aliphatic carboxylic acids is 1. The van der Waals surface area contributed by atoms with Gasteiger partial charge in [0.25, 0.3) is 0 Å². The van der Waals surface area contributed by atoms with Gasteiger partial charge in [0.2, 0.25) is 0 Å². The summed E-state index contributed by atoms with van der Waals surface area (Å²) in [5, 5.41) is 29.4. The van der Waals surface area contributed by atoms with Crippen molar-refractivity contribution in [2.24, 2.45) is 5.92 Å². The summed E-state index contributed by atoms with van der Waals surface area (Å²) in [6.45, 7) is 4.06. The van der Waals surface area contributed by atoms with E-state index in [1.807, 2.05) is 13.8 Å². The van der Waals surface area contributed by atoms with Gasteiger partial charge < -0.3 is 20.6 Å². The van der Waals surface area contributed by atoms with E-state index in [9.17, 15) is 9.90 Å². The van der Waals surface area contributed by atoms with Crippen LogP contribution in [0.4, 0.5) is 0 Å². The van der Waals surface area contributed by atoms with Crippen LogP contribution in [0.15, 0.2) is 0 Å². The summed E-state index contributed by atoms with van der Waals surface area (Å²) in [5.74, 6) is -0.776. The molecule has 4 N–H and O–H groups in total. The van der Waals surface area contributed by atoms with Crippen LogP contribution in [-0.4, -0.2) is 46.6 Å². The summed E-state index contributed by atoms with van der Waals surface area (Å²) < 4.78 is 0. The minimum Gasteiger partial charge on any atom is -0.481 e. The Bertz CT molecular complexity index is 172. The van der Waals surface area contributed by atoms with Gasteiger partial charge >= 0.3 is 5.97 Å². The summed E-state index contributed by atoms with van der Waals surface area (Å²) in [4.78, 5) is 10.2. The van der Waals surface area contributed by atoms with Crippen LogP contribution in [0.1, 0.15) is 20.3 Å². The van der Waals surface area contributed by atoms with Gasteiger partial charge in [-0.25, -0.2) is 0 Å². The van der Waals surface area contributed by atoms with Crippen molar-refractivity contribution in [3.8, 4) is 0 Å². The molecule has 0 bridgehead atoms. The first-order valence-corrected chi connectivity index (χ1v) is 4.71. The van der Waals surface area contributed by atoms with E-state index >= 15 is 0 Å². The Labute approximate surface area is 83.8 Å². The number of carboxylic acids is 1. The van der Waals surface area contributed by atoms with Gasteiger partial charge in [0.15, 0.2) is 0 Å². The molecule has 0 saturated carbocycles. The number of aliphatic hydroxyl groups excluding tert-OH is 2. The molecule has 0 saturated heterocycles. The largest absolute Gasteiger partial charge is 0.481 e. The highest BCUT2D eigenvalue weighted by molar-refractivity contribution is 5.67. The predicted molar refractivity (Wildman–Crippen MR) is 52.0 cm³/mol. The molecule has 0 amide bonds. The third-order valence-corrected chi connectivity index (χ3v) is 2.03. The Morgan fingerprint density at radius 3 is 2.36 bits per heavy atom. The number of rotatable bonds is 7. The summed E-state index contributed by atoms with van der Waals surface area (Å²) in [6, 6.07) is -0.0987. The van der Waals surface area contributed by atoms with Gasteiger partial charge in [-0.05, 0) is 5.92 Å². The van der Waals surface area contributed by atoms with Crippen LogP contribution < -0.4 is 5.32 Å². The molecule has 0 aromatic carbocycles. The number of hydrogen-bond donors (Lipinski definition) is 4. The van der Waals surface area contributed by atoms with E-state index in [2.05, 4.69) is 5.32 Å². The summed E-state index contributed by atoms with van der Waals surface area (Å²) in [5.41, 5.74) is 0. The van der Waals surface area contributed by atoms with Crippen molar-refractivity contribution >= 4 is 5.97 Å². The first-order valence-electron chi connectivity index (χ1n) is 4.71. The first kappa shape index (κ1) is 13.4. The maximum Gasteiger partial charge on any atom is 0.306 e. The van der Waals surface area contributed by atoms with Crippen molar-refractivity contribution in [1.29, 1.82) is 0 Å². The second-order valence-corrected chi connectivity index (χ2v) is 3.69. The number of carbonyl (C=O) groups is 1. The van der Waals surface area contributed by atoms with Gasteiger partial charge in [-0.2, -0.15) is 0 Å². The second-order valence-electron chi connectivity index (χ2n) is 3.69. The lowest BCUT2D eigenvalue weighted by atomic mass is 10.1. The molecule has 14 heavy (non-hydrogen) atoms. The molecule has 0 rings (SSSR count). The van der Waals surface area contributed by atoms with Crippen molar-refractivity contribution in [2.75, 3.05) is 13.2 Å². The van der Waals surface area contributed by atoms with Crippen LogP contribution >= 0.6 is 0 Å². The Balaban J connectivity index is 3.73. The Kier molecular flexibility index (Phi) is 6.44.